The van der Waals surface area contributed by atoms with Gasteiger partial charge in [-0.15, -0.1) is 22.1 Å². The molecule has 2 atom stereocenters. The van der Waals surface area contributed by atoms with Gasteiger partial charge in [0.15, 0.2) is 0 Å². The van der Waals surface area contributed by atoms with Gasteiger partial charge in [0.25, 0.3) is 0 Å². The van der Waals surface area contributed by atoms with Crippen molar-refractivity contribution in [3.8, 4) is 12.8 Å². The van der Waals surface area contributed by atoms with Gasteiger partial charge in [-0.2, -0.15) is 18.2 Å². The van der Waals surface area contributed by atoms with Gasteiger partial charge < -0.3 is 20.6 Å². The van der Waals surface area contributed by atoms with Crippen molar-refractivity contribution in [2.24, 2.45) is 0 Å². The number of carbonyl (C=O) groups excluding carboxylic acids is 1. The smallest absolute Gasteiger partial charge is 0.394 e. The predicted molar refractivity (Wildman–Crippen MR) is 148 cm³/mol. The molecule has 0 fully saturated rings. The van der Waals surface area contributed by atoms with Gasteiger partial charge in [0, 0.05) is 25.9 Å². The molecule has 3 aromatic rings. The quantitative estimate of drug-likeness (QED) is 0.255. The molecule has 0 radical (unpaired) electrons. The molecule has 0 aliphatic rings. The molecule has 2 aromatic carbocycles. The molecular formula is C26H26ClF3N5O2P. The molecule has 1 aromatic heterocycles. The van der Waals surface area contributed by atoms with Crippen molar-refractivity contribution in [2.75, 3.05) is 23.9 Å². The number of aliphatic hydroxyl groups excluding tert-OH is 1. The van der Waals surface area contributed by atoms with Crippen LogP contribution in [0.5, 0.6) is 0 Å². The third-order valence-electron chi connectivity index (χ3n) is 5.00. The van der Waals surface area contributed by atoms with Crippen molar-refractivity contribution in [1.29, 1.82) is 0 Å². The Bertz CT molecular complexity index is 1270. The Kier molecular flexibility index (Phi) is 11.5. The summed E-state index contributed by atoms with van der Waals surface area (Å²) >= 11 is 6.18. The average molecular weight is 564 g/mol. The molecule has 0 bridgehead atoms. The third-order valence-corrected chi connectivity index (χ3v) is 5.67. The van der Waals surface area contributed by atoms with E-state index in [1.165, 1.54) is 19.3 Å². The summed E-state index contributed by atoms with van der Waals surface area (Å²) in [6.07, 6.45) is 6.58. The Morgan fingerprint density at radius 2 is 1.92 bits per heavy atom. The van der Waals surface area contributed by atoms with Gasteiger partial charge in [0.2, 0.25) is 11.9 Å². The Balaban J connectivity index is 0.00000247. The Hall–Kier alpha value is -3.64. The van der Waals surface area contributed by atoms with Crippen molar-refractivity contribution < 1.29 is 23.1 Å². The predicted octanol–water partition coefficient (Wildman–Crippen LogP) is 4.83. The summed E-state index contributed by atoms with van der Waals surface area (Å²) in [4.78, 5) is 21.3. The summed E-state index contributed by atoms with van der Waals surface area (Å²) < 4.78 is 40.8. The summed E-state index contributed by atoms with van der Waals surface area (Å²) in [7, 11) is 3.87. The topological polar surface area (TPSA) is 90.4 Å². The first-order valence-corrected chi connectivity index (χ1v) is 12.0. The molecule has 12 heteroatoms. The molecule has 1 amide bonds. The van der Waals surface area contributed by atoms with E-state index in [4.69, 9.17) is 11.6 Å². The van der Waals surface area contributed by atoms with Crippen LogP contribution < -0.4 is 20.8 Å². The molecule has 7 nitrogen and oxygen atoms in total. The SMILES string of the molecule is C#C.CN(/C=C\CC(=O)NC(CO)c1ccccc1)c1nc(Nc2ccc(P)cc2Cl)ncc1C(F)(F)F. The van der Waals surface area contributed by atoms with Gasteiger partial charge in [-0.3, -0.25) is 4.79 Å². The molecule has 38 heavy (non-hydrogen) atoms. The fraction of sp³-hybridized carbons (Fsp3) is 0.192. The van der Waals surface area contributed by atoms with Gasteiger partial charge >= 0.3 is 6.18 Å². The molecule has 0 saturated carbocycles. The molecule has 3 N–H and O–H groups in total. The lowest BCUT2D eigenvalue weighted by molar-refractivity contribution is -0.137. The first-order valence-electron chi connectivity index (χ1n) is 11.0. The number of aromatic nitrogens is 2. The highest BCUT2D eigenvalue weighted by atomic mass is 35.5. The Labute approximate surface area is 226 Å². The zero-order valence-corrected chi connectivity index (χ0v) is 22.2. The van der Waals surface area contributed by atoms with Crippen molar-refractivity contribution in [3.05, 3.63) is 83.2 Å². The maximum absolute atomic E-state index is 13.6. The second-order valence-electron chi connectivity index (χ2n) is 7.71. The highest BCUT2D eigenvalue weighted by molar-refractivity contribution is 7.27. The van der Waals surface area contributed by atoms with Crippen LogP contribution in [0.1, 0.15) is 23.6 Å². The van der Waals surface area contributed by atoms with E-state index in [0.717, 1.165) is 15.8 Å². The van der Waals surface area contributed by atoms with E-state index < -0.39 is 29.5 Å². The number of hydrogen-bond acceptors (Lipinski definition) is 6. The van der Waals surface area contributed by atoms with E-state index in [1.807, 2.05) is 6.07 Å². The fourth-order valence-electron chi connectivity index (χ4n) is 3.22. The Morgan fingerprint density at radius 1 is 1.24 bits per heavy atom. The third kappa shape index (κ3) is 8.73. The van der Waals surface area contributed by atoms with Gasteiger partial charge in [0.05, 0.1) is 23.4 Å². The van der Waals surface area contributed by atoms with Gasteiger partial charge in [0.1, 0.15) is 11.4 Å². The van der Waals surface area contributed by atoms with E-state index in [9.17, 15) is 23.1 Å². The van der Waals surface area contributed by atoms with Crippen LogP contribution in [0.2, 0.25) is 5.02 Å². The largest absolute Gasteiger partial charge is 0.421 e. The van der Waals surface area contributed by atoms with Gasteiger partial charge in [-0.05, 0) is 23.0 Å². The molecule has 2 unspecified atom stereocenters. The second-order valence-corrected chi connectivity index (χ2v) is 8.78. The monoisotopic (exact) mass is 563 g/mol. The summed E-state index contributed by atoms with van der Waals surface area (Å²) in [6.45, 7) is -0.297. The number of halogens is 4. The summed E-state index contributed by atoms with van der Waals surface area (Å²) in [5, 5.41) is 16.3. The number of nitrogens with zero attached hydrogens (tertiary/aromatic N) is 3. The minimum Gasteiger partial charge on any atom is -0.394 e. The first kappa shape index (κ1) is 30.6. The zero-order chi connectivity index (χ0) is 28.3. The van der Waals surface area contributed by atoms with Crippen molar-refractivity contribution in [1.82, 2.24) is 15.3 Å². The number of terminal acetylenes is 1. The van der Waals surface area contributed by atoms with Crippen LogP contribution in [0, 0.1) is 12.8 Å². The number of alkyl halides is 3. The van der Waals surface area contributed by atoms with E-state index in [2.05, 4.69) is 42.7 Å². The lowest BCUT2D eigenvalue weighted by atomic mass is 10.1. The van der Waals surface area contributed by atoms with Crippen molar-refractivity contribution in [3.63, 3.8) is 0 Å². The fourth-order valence-corrected chi connectivity index (χ4v) is 3.82. The maximum Gasteiger partial charge on any atom is 0.421 e. The number of amides is 1. The highest BCUT2D eigenvalue weighted by Crippen LogP contribution is 2.36. The zero-order valence-electron chi connectivity index (χ0n) is 20.3. The maximum atomic E-state index is 13.6. The minimum absolute atomic E-state index is 0.0805. The standard InChI is InChI=1S/C24H24ClF3N5O2P.C2H2/c1-33(11-5-8-21(35)30-20(14-34)15-6-3-2-4-7-15)22-17(24(26,27)28)13-29-23(32-22)31-19-10-9-16(36)12-18(19)25;1-2/h2-7,9-13,20,34H,8,14,36H2,1H3,(H,30,35)(H,29,31,32);1-2H/b11-5-;. The number of anilines is 3. The second kappa shape index (κ2) is 14.3. The number of benzene rings is 2. The van der Waals surface area contributed by atoms with Crippen LogP contribution >= 0.6 is 20.8 Å². The normalized spacial score (nSPS) is 11.8. The molecule has 1 heterocycles. The van der Waals surface area contributed by atoms with Crippen LogP contribution in [0.15, 0.2) is 67.0 Å². The van der Waals surface area contributed by atoms with Crippen LogP contribution in [0.3, 0.4) is 0 Å². The van der Waals surface area contributed by atoms with Crippen LogP contribution in [0.4, 0.5) is 30.6 Å². The summed E-state index contributed by atoms with van der Waals surface area (Å²) in [5.74, 6) is -0.896. The van der Waals surface area contributed by atoms with E-state index in [0.29, 0.717) is 16.9 Å². The first-order chi connectivity index (χ1) is 18.1. The Morgan fingerprint density at radius 3 is 2.53 bits per heavy atom. The highest BCUT2D eigenvalue weighted by Gasteiger charge is 2.36. The van der Waals surface area contributed by atoms with Gasteiger partial charge in [-0.1, -0.05) is 54.1 Å². The van der Waals surface area contributed by atoms with Crippen LogP contribution in [0.25, 0.3) is 0 Å². The minimum atomic E-state index is -4.70. The van der Waals surface area contributed by atoms with Crippen LogP contribution in [-0.4, -0.2) is 34.6 Å². The molecule has 0 spiro atoms. The van der Waals surface area contributed by atoms with Gasteiger partial charge in [-0.25, -0.2) is 4.98 Å². The molecule has 0 aliphatic heterocycles. The molecule has 3 rings (SSSR count). The number of rotatable bonds is 9. The number of carbonyl (C=O) groups is 1. The number of aliphatic hydroxyl groups is 1. The number of nitrogens with one attached hydrogen (secondary N) is 2. The summed E-state index contributed by atoms with van der Waals surface area (Å²) in [5.41, 5.74) is 0.124. The lowest BCUT2D eigenvalue weighted by Gasteiger charge is -2.20. The molecular weight excluding hydrogens is 538 g/mol. The van der Waals surface area contributed by atoms with Crippen molar-refractivity contribution >= 4 is 49.5 Å². The number of hydrogen-bond donors (Lipinski definition) is 3. The molecule has 0 saturated heterocycles. The average Bonchev–Trinajstić information content (AvgIpc) is 2.90. The van der Waals surface area contributed by atoms with E-state index in [-0.39, 0.29) is 19.0 Å². The lowest BCUT2D eigenvalue weighted by Crippen LogP contribution is -2.30. The van der Waals surface area contributed by atoms with Crippen LogP contribution in [-0.2, 0) is 11.0 Å². The molecule has 200 valence electrons. The summed E-state index contributed by atoms with van der Waals surface area (Å²) in [6, 6.07) is 13.4. The van der Waals surface area contributed by atoms with E-state index in [1.54, 1.807) is 42.5 Å². The van der Waals surface area contributed by atoms with E-state index >= 15 is 0 Å². The molecule has 0 aliphatic carbocycles. The van der Waals surface area contributed by atoms with Crippen molar-refractivity contribution in [2.45, 2.75) is 18.6 Å².